The van der Waals surface area contributed by atoms with Gasteiger partial charge in [-0.25, -0.2) is 0 Å². The highest BCUT2D eigenvalue weighted by molar-refractivity contribution is 5.96. The fraction of sp³-hybridized carbons (Fsp3) is 0.579. The molecule has 2 heterocycles. The number of rotatable bonds is 5. The van der Waals surface area contributed by atoms with Gasteiger partial charge in [0.15, 0.2) is 0 Å². The molecule has 5 heteroatoms. The highest BCUT2D eigenvalue weighted by atomic mass is 16.2. The topological polar surface area (TPSA) is 52.7 Å². The van der Waals surface area contributed by atoms with Gasteiger partial charge in [-0.1, -0.05) is 18.2 Å². The Morgan fingerprint density at radius 2 is 2.12 bits per heavy atom. The minimum atomic E-state index is 0.175. The third-order valence-corrected chi connectivity index (χ3v) is 5.15. The molecule has 0 radical (unpaired) electrons. The molecule has 2 aliphatic rings. The lowest BCUT2D eigenvalue weighted by Crippen LogP contribution is -2.47. The van der Waals surface area contributed by atoms with Crippen LogP contribution in [0, 0.1) is 0 Å². The molecular formula is C19H27N3O2. The molecule has 1 saturated heterocycles. The number of nitrogens with zero attached hydrogens (tertiary/aromatic N) is 2. The molecular weight excluding hydrogens is 302 g/mol. The van der Waals surface area contributed by atoms with Crippen LogP contribution in [0.1, 0.15) is 37.7 Å². The van der Waals surface area contributed by atoms with Gasteiger partial charge in [0, 0.05) is 44.2 Å². The van der Waals surface area contributed by atoms with Gasteiger partial charge in [-0.05, 0) is 44.4 Å². The van der Waals surface area contributed by atoms with Crippen molar-refractivity contribution in [1.82, 2.24) is 10.2 Å². The second-order valence-electron chi connectivity index (χ2n) is 6.75. The van der Waals surface area contributed by atoms with Crippen LogP contribution in [0.5, 0.6) is 0 Å². The number of benzene rings is 1. The van der Waals surface area contributed by atoms with Gasteiger partial charge in [0.05, 0.1) is 0 Å². The average Bonchev–Trinajstić information content (AvgIpc) is 2.63. The molecule has 1 atom stereocenters. The number of nitrogens with one attached hydrogen (secondary N) is 1. The highest BCUT2D eigenvalue weighted by Crippen LogP contribution is 2.27. The summed E-state index contributed by atoms with van der Waals surface area (Å²) < 4.78 is 0. The zero-order chi connectivity index (χ0) is 16.9. The molecule has 2 amide bonds. The fourth-order valence-electron chi connectivity index (χ4n) is 3.73. The summed E-state index contributed by atoms with van der Waals surface area (Å²) in [5.74, 6) is 0.391. The van der Waals surface area contributed by atoms with Gasteiger partial charge < -0.3 is 15.1 Å². The lowest BCUT2D eigenvalue weighted by Gasteiger charge is -2.33. The van der Waals surface area contributed by atoms with Crippen LogP contribution in [0.25, 0.3) is 0 Å². The Balaban J connectivity index is 1.53. The van der Waals surface area contributed by atoms with E-state index >= 15 is 0 Å². The van der Waals surface area contributed by atoms with E-state index in [1.807, 2.05) is 35.0 Å². The predicted octanol–water partition coefficient (Wildman–Crippen LogP) is 1.96. The van der Waals surface area contributed by atoms with Crippen molar-refractivity contribution < 1.29 is 9.59 Å². The summed E-state index contributed by atoms with van der Waals surface area (Å²) in [5.41, 5.74) is 2.26. The standard InChI is InChI=1S/C19H27N3O2/c1-20-16-7-4-12-21(14-16)18(23)9-5-13-22-17-8-3-2-6-15(17)10-11-19(22)24/h2-3,6,8,16,20H,4-5,7,9-14H2,1H3. The number of hydrogen-bond acceptors (Lipinski definition) is 3. The van der Waals surface area contributed by atoms with Crippen LogP contribution in [0.4, 0.5) is 5.69 Å². The number of hydrogen-bond donors (Lipinski definition) is 1. The number of fused-ring (bicyclic) bond motifs is 1. The Labute approximate surface area is 144 Å². The Morgan fingerprint density at radius 3 is 2.96 bits per heavy atom. The van der Waals surface area contributed by atoms with Crippen molar-refractivity contribution in [1.29, 1.82) is 0 Å². The van der Waals surface area contributed by atoms with Crippen molar-refractivity contribution in [2.75, 3.05) is 31.6 Å². The Bertz CT molecular complexity index is 602. The second-order valence-corrected chi connectivity index (χ2v) is 6.75. The Hall–Kier alpha value is -1.88. The van der Waals surface area contributed by atoms with E-state index in [1.54, 1.807) is 0 Å². The number of aryl methyl sites for hydroxylation is 1. The molecule has 2 aliphatic heterocycles. The van der Waals surface area contributed by atoms with Gasteiger partial charge >= 0.3 is 0 Å². The molecule has 1 N–H and O–H groups in total. The van der Waals surface area contributed by atoms with Crippen LogP contribution in [0.3, 0.4) is 0 Å². The minimum absolute atomic E-state index is 0.175. The summed E-state index contributed by atoms with van der Waals surface area (Å²) >= 11 is 0. The third kappa shape index (κ3) is 3.78. The van der Waals surface area contributed by atoms with Crippen LogP contribution < -0.4 is 10.2 Å². The number of likely N-dealkylation sites (N-methyl/N-ethyl adjacent to an activating group) is 1. The van der Waals surface area contributed by atoms with Crippen molar-refractivity contribution >= 4 is 17.5 Å². The molecule has 24 heavy (non-hydrogen) atoms. The molecule has 0 saturated carbocycles. The van der Waals surface area contributed by atoms with E-state index in [4.69, 9.17) is 0 Å². The van der Waals surface area contributed by atoms with Crippen molar-refractivity contribution in [3.8, 4) is 0 Å². The van der Waals surface area contributed by atoms with Crippen LogP contribution in [-0.4, -0.2) is 49.4 Å². The summed E-state index contributed by atoms with van der Waals surface area (Å²) in [6, 6.07) is 8.51. The van der Waals surface area contributed by atoms with Crippen molar-refractivity contribution in [2.24, 2.45) is 0 Å². The summed E-state index contributed by atoms with van der Waals surface area (Å²) in [6.07, 6.45) is 4.83. The molecule has 0 spiro atoms. The summed E-state index contributed by atoms with van der Waals surface area (Å²) in [4.78, 5) is 28.5. The van der Waals surface area contributed by atoms with Crippen LogP contribution in [0.2, 0.25) is 0 Å². The summed E-state index contributed by atoms with van der Waals surface area (Å²) in [6.45, 7) is 2.30. The maximum Gasteiger partial charge on any atom is 0.227 e. The predicted molar refractivity (Wildman–Crippen MR) is 95.0 cm³/mol. The molecule has 0 aromatic heterocycles. The summed E-state index contributed by atoms with van der Waals surface area (Å²) in [7, 11) is 1.96. The molecule has 3 rings (SSSR count). The normalized spacial score (nSPS) is 20.9. The van der Waals surface area contributed by atoms with Crippen LogP contribution >= 0.6 is 0 Å². The number of para-hydroxylation sites is 1. The van der Waals surface area contributed by atoms with E-state index in [0.717, 1.165) is 44.5 Å². The highest BCUT2D eigenvalue weighted by Gasteiger charge is 2.25. The molecule has 1 unspecified atom stereocenters. The zero-order valence-electron chi connectivity index (χ0n) is 14.5. The van der Waals surface area contributed by atoms with E-state index in [-0.39, 0.29) is 11.8 Å². The molecule has 0 aliphatic carbocycles. The van der Waals surface area contributed by atoms with Crippen LogP contribution in [-0.2, 0) is 16.0 Å². The average molecular weight is 329 g/mol. The van der Waals surface area contributed by atoms with Gasteiger partial charge in [0.25, 0.3) is 0 Å². The van der Waals surface area contributed by atoms with Crippen molar-refractivity contribution in [3.63, 3.8) is 0 Å². The molecule has 130 valence electrons. The first-order chi connectivity index (χ1) is 11.7. The number of piperidine rings is 1. The quantitative estimate of drug-likeness (QED) is 0.898. The number of anilines is 1. The largest absolute Gasteiger partial charge is 0.341 e. The van der Waals surface area contributed by atoms with Gasteiger partial charge in [-0.15, -0.1) is 0 Å². The van der Waals surface area contributed by atoms with Crippen molar-refractivity contribution in [2.45, 2.75) is 44.6 Å². The third-order valence-electron chi connectivity index (χ3n) is 5.15. The number of carbonyl (C=O) groups excluding carboxylic acids is 2. The Morgan fingerprint density at radius 1 is 1.29 bits per heavy atom. The maximum absolute atomic E-state index is 12.4. The van der Waals surface area contributed by atoms with E-state index < -0.39 is 0 Å². The van der Waals surface area contributed by atoms with E-state index in [9.17, 15) is 9.59 Å². The van der Waals surface area contributed by atoms with Gasteiger partial charge in [0.2, 0.25) is 11.8 Å². The molecule has 1 fully saturated rings. The monoisotopic (exact) mass is 329 g/mol. The van der Waals surface area contributed by atoms with E-state index in [0.29, 0.717) is 25.4 Å². The van der Waals surface area contributed by atoms with Gasteiger partial charge in [-0.3, -0.25) is 9.59 Å². The maximum atomic E-state index is 12.4. The number of likely N-dealkylation sites (tertiary alicyclic amines) is 1. The van der Waals surface area contributed by atoms with Crippen molar-refractivity contribution in [3.05, 3.63) is 29.8 Å². The van der Waals surface area contributed by atoms with Gasteiger partial charge in [0.1, 0.15) is 0 Å². The molecule has 1 aromatic rings. The molecule has 1 aromatic carbocycles. The first-order valence-corrected chi connectivity index (χ1v) is 9.02. The van der Waals surface area contributed by atoms with E-state index in [1.165, 1.54) is 5.56 Å². The first kappa shape index (κ1) is 17.0. The fourth-order valence-corrected chi connectivity index (χ4v) is 3.73. The second kappa shape index (κ2) is 7.79. The SMILES string of the molecule is CNC1CCCN(C(=O)CCCN2C(=O)CCc3ccccc32)C1. The van der Waals surface area contributed by atoms with E-state index in [2.05, 4.69) is 11.4 Å². The minimum Gasteiger partial charge on any atom is -0.341 e. The smallest absolute Gasteiger partial charge is 0.227 e. The van der Waals surface area contributed by atoms with Crippen LogP contribution in [0.15, 0.2) is 24.3 Å². The van der Waals surface area contributed by atoms with Gasteiger partial charge in [-0.2, -0.15) is 0 Å². The lowest BCUT2D eigenvalue weighted by molar-refractivity contribution is -0.132. The Kier molecular flexibility index (Phi) is 5.51. The first-order valence-electron chi connectivity index (χ1n) is 9.02. The zero-order valence-corrected chi connectivity index (χ0v) is 14.5. The molecule has 0 bridgehead atoms. The summed E-state index contributed by atoms with van der Waals surface area (Å²) in [5, 5.41) is 3.27. The number of amides is 2. The lowest BCUT2D eigenvalue weighted by atomic mass is 10.0. The molecule has 5 nitrogen and oxygen atoms in total. The number of carbonyl (C=O) groups is 2.